The molecule has 0 aliphatic heterocycles. The van der Waals surface area contributed by atoms with Crippen LogP contribution in [0.4, 0.5) is 4.79 Å². The molecule has 0 bridgehead atoms. The molecule has 2 aromatic carbocycles. The van der Waals surface area contributed by atoms with E-state index in [-0.39, 0.29) is 6.61 Å². The molecule has 144 valence electrons. The Morgan fingerprint density at radius 1 is 1.30 bits per heavy atom. The Morgan fingerprint density at radius 2 is 2.04 bits per heavy atom. The van der Waals surface area contributed by atoms with Crippen molar-refractivity contribution in [2.24, 2.45) is 0 Å². The van der Waals surface area contributed by atoms with Gasteiger partial charge in [-0.1, -0.05) is 24.3 Å². The standard InChI is InChI=1S/C20H24N2O4S/c1-20(2,3)26-19(23)22-9-10-27-18-15(12-21)11-14-7-5-6-8-16(14)17(18)13-25-24-4/h5-8,11H,9-10,13H2,1-4H3,(H,22,23). The number of nitrogens with zero attached hydrogens (tertiary/aromatic N) is 1. The summed E-state index contributed by atoms with van der Waals surface area (Å²) in [5.41, 5.74) is 0.938. The molecule has 0 radical (unpaired) electrons. The molecule has 7 heteroatoms. The number of alkyl carbamates (subject to hydrolysis) is 1. The summed E-state index contributed by atoms with van der Waals surface area (Å²) in [6.45, 7) is 6.10. The fraction of sp³-hybridized carbons (Fsp3) is 0.400. The first kappa shape index (κ1) is 21.0. The number of ether oxygens (including phenoxy) is 1. The van der Waals surface area contributed by atoms with Crippen LogP contribution in [0.5, 0.6) is 0 Å². The highest BCUT2D eigenvalue weighted by Crippen LogP contribution is 2.33. The second-order valence-corrected chi connectivity index (χ2v) is 7.88. The summed E-state index contributed by atoms with van der Waals surface area (Å²) in [5.74, 6) is 0.590. The van der Waals surface area contributed by atoms with Gasteiger partial charge in [0, 0.05) is 22.8 Å². The van der Waals surface area contributed by atoms with Crippen LogP contribution in [-0.4, -0.2) is 31.1 Å². The summed E-state index contributed by atoms with van der Waals surface area (Å²) < 4.78 is 5.22. The number of nitriles is 1. The van der Waals surface area contributed by atoms with Crippen molar-refractivity contribution in [3.8, 4) is 6.07 Å². The Balaban J connectivity index is 2.16. The molecule has 0 saturated heterocycles. The molecule has 0 heterocycles. The van der Waals surface area contributed by atoms with E-state index < -0.39 is 11.7 Å². The van der Waals surface area contributed by atoms with Gasteiger partial charge < -0.3 is 10.1 Å². The van der Waals surface area contributed by atoms with Crippen LogP contribution >= 0.6 is 11.8 Å². The second-order valence-electron chi connectivity index (χ2n) is 6.77. The lowest BCUT2D eigenvalue weighted by atomic mass is 10.0. The molecule has 0 spiro atoms. The van der Waals surface area contributed by atoms with Gasteiger partial charge in [-0.15, -0.1) is 11.8 Å². The van der Waals surface area contributed by atoms with Crippen molar-refractivity contribution in [3.63, 3.8) is 0 Å². The molecular weight excluding hydrogens is 364 g/mol. The van der Waals surface area contributed by atoms with E-state index in [0.29, 0.717) is 17.9 Å². The van der Waals surface area contributed by atoms with E-state index in [2.05, 4.69) is 11.4 Å². The van der Waals surface area contributed by atoms with Crippen LogP contribution in [0.2, 0.25) is 0 Å². The maximum Gasteiger partial charge on any atom is 0.407 e. The third kappa shape index (κ3) is 6.14. The minimum Gasteiger partial charge on any atom is -0.444 e. The van der Waals surface area contributed by atoms with Gasteiger partial charge in [0.25, 0.3) is 0 Å². The largest absolute Gasteiger partial charge is 0.444 e. The molecule has 0 fully saturated rings. The lowest BCUT2D eigenvalue weighted by molar-refractivity contribution is -0.282. The number of amides is 1. The van der Waals surface area contributed by atoms with Crippen molar-refractivity contribution in [1.82, 2.24) is 5.32 Å². The average molecular weight is 388 g/mol. The quantitative estimate of drug-likeness (QED) is 0.328. The SMILES string of the molecule is COOCc1c(SCCNC(=O)OC(C)(C)C)c(C#N)cc2ccccc12. The smallest absolute Gasteiger partial charge is 0.407 e. The second kappa shape index (κ2) is 9.60. The zero-order chi connectivity index (χ0) is 19.9. The van der Waals surface area contributed by atoms with Crippen LogP contribution < -0.4 is 5.32 Å². The fourth-order valence-electron chi connectivity index (χ4n) is 2.53. The van der Waals surface area contributed by atoms with Crippen LogP contribution in [0.25, 0.3) is 10.8 Å². The Labute approximate surface area is 163 Å². The van der Waals surface area contributed by atoms with Crippen LogP contribution in [-0.2, 0) is 21.1 Å². The topological polar surface area (TPSA) is 80.6 Å². The van der Waals surface area contributed by atoms with Crippen molar-refractivity contribution < 1.29 is 19.3 Å². The van der Waals surface area contributed by atoms with Crippen molar-refractivity contribution in [3.05, 3.63) is 41.5 Å². The predicted octanol–water partition coefficient (Wildman–Crippen LogP) is 4.41. The van der Waals surface area contributed by atoms with E-state index in [9.17, 15) is 10.1 Å². The lowest BCUT2D eigenvalue weighted by Crippen LogP contribution is -2.33. The van der Waals surface area contributed by atoms with Crippen molar-refractivity contribution in [2.45, 2.75) is 37.9 Å². The molecule has 0 atom stereocenters. The van der Waals surface area contributed by atoms with Gasteiger partial charge in [0.05, 0.1) is 12.7 Å². The number of hydrogen-bond donors (Lipinski definition) is 1. The number of benzene rings is 2. The van der Waals surface area contributed by atoms with E-state index in [1.54, 1.807) is 0 Å². The van der Waals surface area contributed by atoms with Crippen LogP contribution in [0.15, 0.2) is 35.2 Å². The Bertz CT molecular complexity index is 840. The van der Waals surface area contributed by atoms with Crippen LogP contribution in [0.1, 0.15) is 31.9 Å². The molecule has 0 aliphatic carbocycles. The van der Waals surface area contributed by atoms with Crippen molar-refractivity contribution >= 4 is 28.6 Å². The molecule has 0 aliphatic rings. The number of thioether (sulfide) groups is 1. The third-order valence-electron chi connectivity index (χ3n) is 3.56. The number of nitrogens with one attached hydrogen (secondary N) is 1. The third-order valence-corrected chi connectivity index (χ3v) is 4.73. The van der Waals surface area contributed by atoms with E-state index in [1.165, 1.54) is 18.9 Å². The van der Waals surface area contributed by atoms with Gasteiger partial charge in [-0.2, -0.15) is 5.26 Å². The van der Waals surface area contributed by atoms with E-state index in [0.717, 1.165) is 21.2 Å². The normalized spacial score (nSPS) is 11.2. The molecular formula is C20H24N2O4S. The highest BCUT2D eigenvalue weighted by Gasteiger charge is 2.17. The lowest BCUT2D eigenvalue weighted by Gasteiger charge is -2.19. The number of carbonyl (C=O) groups excluding carboxylic acids is 1. The Kier molecular flexibility index (Phi) is 7.48. The van der Waals surface area contributed by atoms with Gasteiger partial charge in [0.15, 0.2) is 0 Å². The van der Waals surface area contributed by atoms with Gasteiger partial charge in [-0.05, 0) is 37.6 Å². The van der Waals surface area contributed by atoms with Crippen molar-refractivity contribution in [2.75, 3.05) is 19.4 Å². The predicted molar refractivity (Wildman–Crippen MR) is 105 cm³/mol. The summed E-state index contributed by atoms with van der Waals surface area (Å²) in [6, 6.07) is 12.0. The van der Waals surface area contributed by atoms with E-state index >= 15 is 0 Å². The first-order valence-electron chi connectivity index (χ1n) is 8.55. The number of fused-ring (bicyclic) bond motifs is 1. The van der Waals surface area contributed by atoms with Gasteiger partial charge in [-0.25, -0.2) is 14.6 Å². The molecule has 2 aromatic rings. The van der Waals surface area contributed by atoms with Gasteiger partial charge in [-0.3, -0.25) is 0 Å². The highest BCUT2D eigenvalue weighted by molar-refractivity contribution is 7.99. The minimum atomic E-state index is -0.534. The first-order valence-corrected chi connectivity index (χ1v) is 9.54. The monoisotopic (exact) mass is 388 g/mol. The molecule has 1 amide bonds. The van der Waals surface area contributed by atoms with Gasteiger partial charge in [0.1, 0.15) is 18.3 Å². The Hall–Kier alpha value is -2.27. The summed E-state index contributed by atoms with van der Waals surface area (Å²) in [5, 5.41) is 14.3. The maximum atomic E-state index is 11.7. The summed E-state index contributed by atoms with van der Waals surface area (Å²) >= 11 is 1.50. The van der Waals surface area contributed by atoms with E-state index in [1.807, 2.05) is 51.1 Å². The van der Waals surface area contributed by atoms with Gasteiger partial charge in [0.2, 0.25) is 0 Å². The molecule has 0 saturated carbocycles. The first-order chi connectivity index (χ1) is 12.9. The summed E-state index contributed by atoms with van der Waals surface area (Å²) in [7, 11) is 1.45. The highest BCUT2D eigenvalue weighted by atomic mass is 32.2. The summed E-state index contributed by atoms with van der Waals surface area (Å²) in [4.78, 5) is 22.5. The van der Waals surface area contributed by atoms with Crippen LogP contribution in [0, 0.1) is 11.3 Å². The molecule has 27 heavy (non-hydrogen) atoms. The molecule has 1 N–H and O–H groups in total. The number of hydrogen-bond acceptors (Lipinski definition) is 6. The average Bonchev–Trinajstić information content (AvgIpc) is 2.61. The summed E-state index contributed by atoms with van der Waals surface area (Å²) in [6.07, 6.45) is -0.454. The zero-order valence-electron chi connectivity index (χ0n) is 16.0. The molecule has 2 rings (SSSR count). The van der Waals surface area contributed by atoms with E-state index in [4.69, 9.17) is 14.5 Å². The molecule has 6 nitrogen and oxygen atoms in total. The molecule has 0 aromatic heterocycles. The van der Waals surface area contributed by atoms with Crippen LogP contribution in [0.3, 0.4) is 0 Å². The minimum absolute atomic E-state index is 0.231. The maximum absolute atomic E-state index is 11.7. The zero-order valence-corrected chi connectivity index (χ0v) is 16.8. The van der Waals surface area contributed by atoms with Crippen molar-refractivity contribution in [1.29, 1.82) is 5.26 Å². The fourth-order valence-corrected chi connectivity index (χ4v) is 3.54. The number of rotatable bonds is 7. The Morgan fingerprint density at radius 3 is 2.70 bits per heavy atom. The van der Waals surface area contributed by atoms with Gasteiger partial charge >= 0.3 is 6.09 Å². The number of carbonyl (C=O) groups is 1. The molecule has 0 unspecified atom stereocenters.